The Labute approximate surface area is 170 Å². The molecule has 0 amide bonds. The number of rotatable bonds is 3. The number of para-hydroxylation sites is 1. The van der Waals surface area contributed by atoms with Crippen molar-refractivity contribution in [1.82, 2.24) is 29.4 Å². The molecule has 4 aromatic heterocycles. The predicted molar refractivity (Wildman–Crippen MR) is 116 cm³/mol. The zero-order valence-electron chi connectivity index (χ0n) is 15.6. The van der Waals surface area contributed by atoms with E-state index in [0.29, 0.717) is 0 Å². The van der Waals surface area contributed by atoms with E-state index in [-0.39, 0.29) is 0 Å². The van der Waals surface area contributed by atoms with Gasteiger partial charge in [-0.1, -0.05) is 18.2 Å². The smallest absolute Gasteiger partial charge is 0.165 e. The van der Waals surface area contributed by atoms with Crippen LogP contribution in [0.5, 0.6) is 0 Å². The average Bonchev–Trinajstić information content (AvgIpc) is 3.47. The molecule has 29 heavy (non-hydrogen) atoms. The molecule has 0 saturated heterocycles. The second-order valence-electron chi connectivity index (χ2n) is 6.86. The Bertz CT molecular complexity index is 1470. The molecule has 0 spiro atoms. The highest BCUT2D eigenvalue weighted by molar-refractivity contribution is 7.21. The first-order chi connectivity index (χ1) is 14.3. The third-order valence-corrected chi connectivity index (χ3v) is 6.20. The minimum Gasteiger partial charge on any atom is -0.265 e. The summed E-state index contributed by atoms with van der Waals surface area (Å²) in [7, 11) is 0. The van der Waals surface area contributed by atoms with Crippen LogP contribution in [0.15, 0.2) is 67.1 Å². The Balaban J connectivity index is 1.50. The number of aryl methyl sites for hydroxylation is 1. The predicted octanol–water partition coefficient (Wildman–Crippen LogP) is 5.04. The Morgan fingerprint density at radius 3 is 2.79 bits per heavy atom. The number of nitrogens with zero attached hydrogens (tertiary/aromatic N) is 6. The van der Waals surface area contributed by atoms with Crippen LogP contribution in [0.1, 0.15) is 6.92 Å². The SMILES string of the molecule is CCn1ncc2cc(-c3ccn4ncc(-c5nc6ccccc6s5)c4n3)ccc21. The lowest BCUT2D eigenvalue weighted by Crippen LogP contribution is -1.95. The number of fused-ring (bicyclic) bond motifs is 3. The van der Waals surface area contributed by atoms with Gasteiger partial charge in [0.25, 0.3) is 0 Å². The summed E-state index contributed by atoms with van der Waals surface area (Å²) in [5.74, 6) is 0. The lowest BCUT2D eigenvalue weighted by Gasteiger charge is -2.04. The zero-order chi connectivity index (χ0) is 19.4. The van der Waals surface area contributed by atoms with Gasteiger partial charge >= 0.3 is 0 Å². The number of thiazole rings is 1. The van der Waals surface area contributed by atoms with E-state index in [1.54, 1.807) is 15.9 Å². The van der Waals surface area contributed by atoms with Crippen LogP contribution < -0.4 is 0 Å². The van der Waals surface area contributed by atoms with Crippen molar-refractivity contribution >= 4 is 38.1 Å². The monoisotopic (exact) mass is 396 g/mol. The molecule has 0 aliphatic rings. The normalized spacial score (nSPS) is 11.8. The van der Waals surface area contributed by atoms with Gasteiger partial charge in [0.2, 0.25) is 0 Å². The molecule has 0 unspecified atom stereocenters. The second kappa shape index (κ2) is 6.22. The number of hydrogen-bond donors (Lipinski definition) is 0. The number of hydrogen-bond acceptors (Lipinski definition) is 5. The fourth-order valence-corrected chi connectivity index (χ4v) is 4.64. The van der Waals surface area contributed by atoms with Gasteiger partial charge in [0.1, 0.15) is 5.01 Å². The maximum Gasteiger partial charge on any atom is 0.165 e. The van der Waals surface area contributed by atoms with Crippen molar-refractivity contribution in [3.63, 3.8) is 0 Å². The molecular weight excluding hydrogens is 380 g/mol. The van der Waals surface area contributed by atoms with Gasteiger partial charge < -0.3 is 0 Å². The topological polar surface area (TPSA) is 60.9 Å². The summed E-state index contributed by atoms with van der Waals surface area (Å²) in [6.45, 7) is 2.95. The number of aromatic nitrogens is 6. The molecule has 0 N–H and O–H groups in total. The maximum atomic E-state index is 4.93. The molecule has 0 atom stereocenters. The van der Waals surface area contributed by atoms with Crippen LogP contribution in [0.4, 0.5) is 0 Å². The summed E-state index contributed by atoms with van der Waals surface area (Å²) in [6.07, 6.45) is 5.71. The van der Waals surface area contributed by atoms with Crippen molar-refractivity contribution in [1.29, 1.82) is 0 Å². The van der Waals surface area contributed by atoms with E-state index in [9.17, 15) is 0 Å². The third-order valence-electron chi connectivity index (χ3n) is 5.13. The van der Waals surface area contributed by atoms with Gasteiger partial charge in [0.05, 0.1) is 39.4 Å². The first kappa shape index (κ1) is 16.4. The highest BCUT2D eigenvalue weighted by Crippen LogP contribution is 2.32. The first-order valence-corrected chi connectivity index (χ1v) is 10.3. The molecule has 0 radical (unpaired) electrons. The Kier molecular flexibility index (Phi) is 3.51. The molecule has 0 saturated carbocycles. The second-order valence-corrected chi connectivity index (χ2v) is 7.89. The van der Waals surface area contributed by atoms with Crippen LogP contribution in [-0.2, 0) is 6.54 Å². The largest absolute Gasteiger partial charge is 0.265 e. The zero-order valence-corrected chi connectivity index (χ0v) is 16.5. The molecule has 0 aliphatic heterocycles. The minimum absolute atomic E-state index is 0.811. The van der Waals surface area contributed by atoms with Gasteiger partial charge in [-0.3, -0.25) is 4.68 Å². The summed E-state index contributed by atoms with van der Waals surface area (Å²) in [5.41, 5.74) is 5.87. The van der Waals surface area contributed by atoms with Crippen LogP contribution >= 0.6 is 11.3 Å². The summed E-state index contributed by atoms with van der Waals surface area (Å²) in [4.78, 5) is 9.70. The van der Waals surface area contributed by atoms with Gasteiger partial charge in [-0.25, -0.2) is 14.5 Å². The van der Waals surface area contributed by atoms with Gasteiger partial charge in [-0.15, -0.1) is 11.3 Å². The fourth-order valence-electron chi connectivity index (χ4n) is 3.67. The van der Waals surface area contributed by atoms with Crippen molar-refractivity contribution in [3.8, 4) is 21.8 Å². The van der Waals surface area contributed by atoms with E-state index in [4.69, 9.17) is 9.97 Å². The van der Waals surface area contributed by atoms with Crippen LogP contribution in [0.3, 0.4) is 0 Å². The molecule has 7 heteroatoms. The highest BCUT2D eigenvalue weighted by atomic mass is 32.1. The third kappa shape index (κ3) is 2.55. The minimum atomic E-state index is 0.811. The molecule has 6 nitrogen and oxygen atoms in total. The first-order valence-electron chi connectivity index (χ1n) is 9.46. The summed E-state index contributed by atoms with van der Waals surface area (Å²) in [6, 6.07) is 16.5. The van der Waals surface area contributed by atoms with Gasteiger partial charge in [0.15, 0.2) is 5.65 Å². The van der Waals surface area contributed by atoms with Gasteiger partial charge in [0, 0.05) is 23.7 Å². The fraction of sp³-hybridized carbons (Fsp3) is 0.0909. The number of benzene rings is 2. The van der Waals surface area contributed by atoms with E-state index in [2.05, 4.69) is 41.4 Å². The molecule has 140 valence electrons. The van der Waals surface area contributed by atoms with Crippen molar-refractivity contribution in [2.45, 2.75) is 13.5 Å². The Morgan fingerprint density at radius 2 is 1.90 bits per heavy atom. The molecule has 0 fully saturated rings. The van der Waals surface area contributed by atoms with E-state index >= 15 is 0 Å². The van der Waals surface area contributed by atoms with E-state index in [0.717, 1.165) is 55.1 Å². The van der Waals surface area contributed by atoms with Crippen LogP contribution in [0.25, 0.3) is 48.6 Å². The summed E-state index contributed by atoms with van der Waals surface area (Å²) in [5, 5.41) is 11.0. The van der Waals surface area contributed by atoms with Crippen LogP contribution in [0.2, 0.25) is 0 Å². The van der Waals surface area contributed by atoms with Gasteiger partial charge in [-0.05, 0) is 37.3 Å². The lowest BCUT2D eigenvalue weighted by molar-refractivity contribution is 0.684. The molecular formula is C22H16N6S. The van der Waals surface area contributed by atoms with E-state index in [1.165, 1.54) is 0 Å². The summed E-state index contributed by atoms with van der Waals surface area (Å²) < 4.78 is 4.97. The van der Waals surface area contributed by atoms with Crippen molar-refractivity contribution in [3.05, 3.63) is 67.1 Å². The maximum absolute atomic E-state index is 4.93. The van der Waals surface area contributed by atoms with Crippen molar-refractivity contribution in [2.75, 3.05) is 0 Å². The Morgan fingerprint density at radius 1 is 0.966 bits per heavy atom. The van der Waals surface area contributed by atoms with Crippen LogP contribution in [0, 0.1) is 0 Å². The molecule has 4 heterocycles. The molecule has 2 aromatic carbocycles. The van der Waals surface area contributed by atoms with Crippen molar-refractivity contribution in [2.24, 2.45) is 0 Å². The van der Waals surface area contributed by atoms with Gasteiger partial charge in [-0.2, -0.15) is 10.2 Å². The van der Waals surface area contributed by atoms with Crippen LogP contribution in [-0.4, -0.2) is 29.4 Å². The van der Waals surface area contributed by atoms with E-state index in [1.807, 2.05) is 47.5 Å². The quantitative estimate of drug-likeness (QED) is 0.420. The molecule has 0 bridgehead atoms. The molecule has 6 rings (SSSR count). The standard InChI is InChI=1S/C22H16N6S/c1-2-27-19-8-7-14(11-15(19)12-23-27)17-9-10-28-21(25-17)16(13-24-28)22-26-18-5-3-4-6-20(18)29-22/h3-13H,2H2,1H3. The molecule has 6 aromatic rings. The lowest BCUT2D eigenvalue weighted by atomic mass is 10.1. The Hall–Kier alpha value is -3.58. The van der Waals surface area contributed by atoms with Crippen molar-refractivity contribution < 1.29 is 0 Å². The summed E-state index contributed by atoms with van der Waals surface area (Å²) >= 11 is 1.66. The average molecular weight is 396 g/mol. The molecule has 0 aliphatic carbocycles. The van der Waals surface area contributed by atoms with E-state index < -0.39 is 0 Å². The highest BCUT2D eigenvalue weighted by Gasteiger charge is 2.14.